The van der Waals surface area contributed by atoms with Gasteiger partial charge in [-0.25, -0.2) is 4.98 Å². The lowest BCUT2D eigenvalue weighted by Gasteiger charge is -2.01. The van der Waals surface area contributed by atoms with E-state index in [-0.39, 0.29) is 0 Å². The van der Waals surface area contributed by atoms with Crippen molar-refractivity contribution in [3.63, 3.8) is 0 Å². The molecule has 0 aliphatic rings. The zero-order chi connectivity index (χ0) is 8.27. The number of ether oxygens (including phenoxy) is 1. The van der Waals surface area contributed by atoms with Crippen molar-refractivity contribution in [3.05, 3.63) is 23.0 Å². The van der Waals surface area contributed by atoms with E-state index < -0.39 is 0 Å². The van der Waals surface area contributed by atoms with Crippen molar-refractivity contribution < 1.29 is 4.74 Å². The van der Waals surface area contributed by atoms with Gasteiger partial charge in [0, 0.05) is 0 Å². The van der Waals surface area contributed by atoms with Gasteiger partial charge in [-0.15, -0.1) is 6.42 Å². The molecule has 1 aromatic heterocycles. The maximum atomic E-state index is 5.59. The highest BCUT2D eigenvalue weighted by Gasteiger charge is 2.00. The molecule has 0 aromatic carbocycles. The van der Waals surface area contributed by atoms with Gasteiger partial charge in [-0.05, 0) is 6.07 Å². The fourth-order valence-electron chi connectivity index (χ4n) is 0.693. The summed E-state index contributed by atoms with van der Waals surface area (Å²) in [6.07, 6.45) is 6.68. The third-order valence-corrected chi connectivity index (χ3v) is 1.42. The number of halogens is 1. The number of nitrogens with zero attached hydrogens (tertiary/aromatic N) is 1. The normalized spacial score (nSPS) is 8.82. The number of hydrogen-bond acceptors (Lipinski definition) is 2. The standard InChI is InChI=1S/C8H6ClNO/c1-3-6-4-8(9)10-5-7(6)11-2/h1,4-5H,2H3. The second-order valence-electron chi connectivity index (χ2n) is 1.85. The van der Waals surface area contributed by atoms with Crippen LogP contribution in [0.3, 0.4) is 0 Å². The van der Waals surface area contributed by atoms with Crippen molar-refractivity contribution in [1.82, 2.24) is 4.98 Å². The highest BCUT2D eigenvalue weighted by molar-refractivity contribution is 6.29. The SMILES string of the molecule is C#Cc1cc(Cl)ncc1OC. The smallest absolute Gasteiger partial charge is 0.152 e. The van der Waals surface area contributed by atoms with Gasteiger partial charge in [0.1, 0.15) is 5.15 Å². The van der Waals surface area contributed by atoms with Crippen molar-refractivity contribution >= 4 is 11.6 Å². The van der Waals surface area contributed by atoms with Crippen LogP contribution in [0.25, 0.3) is 0 Å². The Bertz CT molecular complexity index is 303. The highest BCUT2D eigenvalue weighted by Crippen LogP contribution is 2.18. The minimum Gasteiger partial charge on any atom is -0.494 e. The Morgan fingerprint density at radius 1 is 1.73 bits per heavy atom. The predicted molar refractivity (Wildman–Crippen MR) is 43.7 cm³/mol. The summed E-state index contributed by atoms with van der Waals surface area (Å²) < 4.78 is 4.93. The quantitative estimate of drug-likeness (QED) is 0.470. The first kappa shape index (κ1) is 7.90. The molecule has 1 aromatic rings. The third kappa shape index (κ3) is 1.63. The van der Waals surface area contributed by atoms with Gasteiger partial charge in [-0.1, -0.05) is 17.5 Å². The van der Waals surface area contributed by atoms with Crippen molar-refractivity contribution in [1.29, 1.82) is 0 Å². The number of terminal acetylenes is 1. The topological polar surface area (TPSA) is 22.1 Å². The molecular formula is C8H6ClNO. The second kappa shape index (κ2) is 3.27. The van der Waals surface area contributed by atoms with Crippen molar-refractivity contribution in [3.8, 4) is 18.1 Å². The lowest BCUT2D eigenvalue weighted by atomic mass is 10.2. The average molecular weight is 168 g/mol. The Balaban J connectivity index is 3.19. The lowest BCUT2D eigenvalue weighted by Crippen LogP contribution is -1.88. The Hall–Kier alpha value is -1.20. The van der Waals surface area contributed by atoms with E-state index >= 15 is 0 Å². The minimum absolute atomic E-state index is 0.374. The van der Waals surface area contributed by atoms with E-state index in [9.17, 15) is 0 Å². The molecule has 0 atom stereocenters. The molecule has 11 heavy (non-hydrogen) atoms. The highest BCUT2D eigenvalue weighted by atomic mass is 35.5. The Morgan fingerprint density at radius 3 is 3.00 bits per heavy atom. The van der Waals surface area contributed by atoms with Gasteiger partial charge in [0.2, 0.25) is 0 Å². The minimum atomic E-state index is 0.374. The molecule has 0 fully saturated rings. The first-order valence-electron chi connectivity index (χ1n) is 2.94. The first-order chi connectivity index (χ1) is 5.27. The monoisotopic (exact) mass is 167 g/mol. The van der Waals surface area contributed by atoms with Gasteiger partial charge in [0.05, 0.1) is 18.9 Å². The molecule has 2 nitrogen and oxygen atoms in total. The summed E-state index contributed by atoms with van der Waals surface area (Å²) in [6.45, 7) is 0. The van der Waals surface area contributed by atoms with Crippen LogP contribution < -0.4 is 4.74 Å². The summed E-state index contributed by atoms with van der Waals surface area (Å²) in [4.78, 5) is 3.80. The zero-order valence-corrected chi connectivity index (χ0v) is 6.72. The summed E-state index contributed by atoms with van der Waals surface area (Å²) in [5, 5.41) is 0.374. The maximum Gasteiger partial charge on any atom is 0.152 e. The molecule has 0 saturated carbocycles. The van der Waals surface area contributed by atoms with Crippen LogP contribution in [0, 0.1) is 12.3 Å². The molecule has 1 heterocycles. The van der Waals surface area contributed by atoms with E-state index in [4.69, 9.17) is 22.8 Å². The predicted octanol–water partition coefficient (Wildman–Crippen LogP) is 1.72. The summed E-state index contributed by atoms with van der Waals surface area (Å²) in [7, 11) is 1.53. The van der Waals surface area contributed by atoms with E-state index in [1.807, 2.05) is 0 Å². The largest absolute Gasteiger partial charge is 0.494 e. The average Bonchev–Trinajstić information content (AvgIpc) is 2.04. The van der Waals surface area contributed by atoms with E-state index in [0.717, 1.165) is 0 Å². The Labute approximate surface area is 70.2 Å². The molecule has 0 unspecified atom stereocenters. The van der Waals surface area contributed by atoms with Crippen molar-refractivity contribution in [2.24, 2.45) is 0 Å². The fraction of sp³-hybridized carbons (Fsp3) is 0.125. The molecule has 3 heteroatoms. The molecule has 0 spiro atoms. The fourth-order valence-corrected chi connectivity index (χ4v) is 0.851. The van der Waals surface area contributed by atoms with E-state index in [0.29, 0.717) is 16.5 Å². The molecule has 0 amide bonds. The van der Waals surface area contributed by atoms with Crippen LogP contribution in [0.5, 0.6) is 5.75 Å². The van der Waals surface area contributed by atoms with Crippen LogP contribution in [0.2, 0.25) is 5.15 Å². The molecule has 0 N–H and O–H groups in total. The number of pyridine rings is 1. The number of hydrogen-bond donors (Lipinski definition) is 0. The summed E-state index contributed by atoms with van der Waals surface area (Å²) in [5.74, 6) is 3.00. The first-order valence-corrected chi connectivity index (χ1v) is 3.32. The van der Waals surface area contributed by atoms with E-state index in [1.54, 1.807) is 6.07 Å². The van der Waals surface area contributed by atoms with E-state index in [2.05, 4.69) is 10.9 Å². The lowest BCUT2D eigenvalue weighted by molar-refractivity contribution is 0.411. The van der Waals surface area contributed by atoms with Gasteiger partial charge in [0.15, 0.2) is 5.75 Å². The second-order valence-corrected chi connectivity index (χ2v) is 2.24. The summed E-state index contributed by atoms with van der Waals surface area (Å²) in [6, 6.07) is 1.58. The molecule has 1 rings (SSSR count). The number of aromatic nitrogens is 1. The van der Waals surface area contributed by atoms with Gasteiger partial charge < -0.3 is 4.74 Å². The molecule has 56 valence electrons. The maximum absolute atomic E-state index is 5.59. The number of rotatable bonds is 1. The molecule has 0 saturated heterocycles. The van der Waals surface area contributed by atoms with Crippen molar-refractivity contribution in [2.75, 3.05) is 7.11 Å². The van der Waals surface area contributed by atoms with Crippen LogP contribution >= 0.6 is 11.6 Å². The van der Waals surface area contributed by atoms with Crippen LogP contribution in [0.15, 0.2) is 12.3 Å². The van der Waals surface area contributed by atoms with Crippen LogP contribution in [0.4, 0.5) is 0 Å². The molecule has 0 bridgehead atoms. The third-order valence-electron chi connectivity index (χ3n) is 1.21. The van der Waals surface area contributed by atoms with Gasteiger partial charge in [-0.3, -0.25) is 0 Å². The molecule has 0 radical (unpaired) electrons. The Kier molecular flexibility index (Phi) is 2.35. The number of methoxy groups -OCH3 is 1. The van der Waals surface area contributed by atoms with Gasteiger partial charge in [0.25, 0.3) is 0 Å². The summed E-state index contributed by atoms with van der Waals surface area (Å²) >= 11 is 5.59. The van der Waals surface area contributed by atoms with Crippen LogP contribution in [-0.4, -0.2) is 12.1 Å². The van der Waals surface area contributed by atoms with E-state index in [1.165, 1.54) is 13.3 Å². The molecule has 0 aliphatic carbocycles. The van der Waals surface area contributed by atoms with Crippen LogP contribution in [0.1, 0.15) is 5.56 Å². The van der Waals surface area contributed by atoms with Crippen LogP contribution in [-0.2, 0) is 0 Å². The molecular weight excluding hydrogens is 162 g/mol. The summed E-state index contributed by atoms with van der Waals surface area (Å²) in [5.41, 5.74) is 0.618. The van der Waals surface area contributed by atoms with Gasteiger partial charge >= 0.3 is 0 Å². The Morgan fingerprint density at radius 2 is 2.45 bits per heavy atom. The zero-order valence-electron chi connectivity index (χ0n) is 5.97. The van der Waals surface area contributed by atoms with Crippen molar-refractivity contribution in [2.45, 2.75) is 0 Å². The van der Waals surface area contributed by atoms with Gasteiger partial charge in [-0.2, -0.15) is 0 Å². The molecule has 0 aliphatic heterocycles.